The SMILES string of the molecule is CCC(=O)O[C@@]1(c2ccccc2)C[C@@H](C(C)(C)C)CN(C)[C@@H]1C. The molecule has 0 bridgehead atoms. The maximum absolute atomic E-state index is 12.2. The van der Waals surface area contributed by atoms with Gasteiger partial charge in [-0.15, -0.1) is 0 Å². The standard InChI is InChI=1S/C20H31NO2/c1-7-18(22)23-20(16-11-9-8-10-12-16)13-17(19(3,4)5)14-21(6)15(20)2/h8-12,15,17H,7,13-14H2,1-6H3/t15-,17-,20+/m1/s1. The Balaban J connectivity index is 2.51. The number of benzene rings is 1. The molecule has 1 heterocycles. The molecule has 1 fully saturated rings. The lowest BCUT2D eigenvalue weighted by atomic mass is 9.67. The van der Waals surface area contributed by atoms with Crippen LogP contribution in [0.5, 0.6) is 0 Å². The van der Waals surface area contributed by atoms with E-state index in [9.17, 15) is 4.79 Å². The van der Waals surface area contributed by atoms with Gasteiger partial charge in [-0.1, -0.05) is 58.0 Å². The highest BCUT2D eigenvalue weighted by Crippen LogP contribution is 2.47. The van der Waals surface area contributed by atoms with E-state index in [0.29, 0.717) is 12.3 Å². The van der Waals surface area contributed by atoms with Crippen molar-refractivity contribution < 1.29 is 9.53 Å². The van der Waals surface area contributed by atoms with Gasteiger partial charge < -0.3 is 4.74 Å². The number of carbonyl (C=O) groups excluding carboxylic acids is 1. The molecule has 3 atom stereocenters. The van der Waals surface area contributed by atoms with Gasteiger partial charge in [-0.2, -0.15) is 0 Å². The van der Waals surface area contributed by atoms with Crippen LogP contribution in [0, 0.1) is 11.3 Å². The van der Waals surface area contributed by atoms with E-state index < -0.39 is 5.60 Å². The van der Waals surface area contributed by atoms with Crippen LogP contribution in [-0.2, 0) is 15.1 Å². The molecule has 0 N–H and O–H groups in total. The zero-order valence-corrected chi connectivity index (χ0v) is 15.4. The lowest BCUT2D eigenvalue weighted by Crippen LogP contribution is -2.58. The van der Waals surface area contributed by atoms with Gasteiger partial charge in [0.25, 0.3) is 0 Å². The molecule has 1 aliphatic rings. The largest absolute Gasteiger partial charge is 0.452 e. The number of likely N-dealkylation sites (N-methyl/N-ethyl adjacent to an activating group) is 1. The van der Waals surface area contributed by atoms with Crippen molar-refractivity contribution in [1.29, 1.82) is 0 Å². The third kappa shape index (κ3) is 3.60. The van der Waals surface area contributed by atoms with Crippen molar-refractivity contribution in [2.45, 2.75) is 59.1 Å². The number of nitrogens with zero attached hydrogens (tertiary/aromatic N) is 1. The Bertz CT molecular complexity index is 534. The highest BCUT2D eigenvalue weighted by atomic mass is 16.6. The summed E-state index contributed by atoms with van der Waals surface area (Å²) in [6, 6.07) is 10.4. The van der Waals surface area contributed by atoms with Crippen molar-refractivity contribution in [2.75, 3.05) is 13.6 Å². The fourth-order valence-corrected chi connectivity index (χ4v) is 3.58. The van der Waals surface area contributed by atoms with Gasteiger partial charge in [0, 0.05) is 13.0 Å². The summed E-state index contributed by atoms with van der Waals surface area (Å²) in [5.41, 5.74) is 0.710. The molecule has 0 radical (unpaired) electrons. The number of carbonyl (C=O) groups is 1. The van der Waals surface area contributed by atoms with Crippen molar-refractivity contribution in [3.63, 3.8) is 0 Å². The fraction of sp³-hybridized carbons (Fsp3) is 0.650. The summed E-state index contributed by atoms with van der Waals surface area (Å²) in [7, 11) is 2.14. The monoisotopic (exact) mass is 317 g/mol. The first-order chi connectivity index (χ1) is 10.7. The molecular weight excluding hydrogens is 286 g/mol. The highest BCUT2D eigenvalue weighted by Gasteiger charge is 2.50. The minimum absolute atomic E-state index is 0.122. The third-order valence-corrected chi connectivity index (χ3v) is 5.47. The fourth-order valence-electron chi connectivity index (χ4n) is 3.58. The first-order valence-corrected chi connectivity index (χ1v) is 8.68. The Hall–Kier alpha value is -1.35. The van der Waals surface area contributed by atoms with Gasteiger partial charge in [-0.3, -0.25) is 9.69 Å². The Labute approximate surface area is 141 Å². The predicted octanol–water partition coefficient (Wildman–Crippen LogP) is 4.22. The Morgan fingerprint density at radius 1 is 1.30 bits per heavy atom. The van der Waals surface area contributed by atoms with Crippen molar-refractivity contribution in [2.24, 2.45) is 11.3 Å². The van der Waals surface area contributed by atoms with Crippen LogP contribution >= 0.6 is 0 Å². The molecule has 0 aliphatic carbocycles. The van der Waals surface area contributed by atoms with Crippen LogP contribution in [0.3, 0.4) is 0 Å². The number of esters is 1. The Morgan fingerprint density at radius 3 is 2.43 bits per heavy atom. The first kappa shape index (κ1) is 18.0. The lowest BCUT2D eigenvalue weighted by Gasteiger charge is -2.52. The second kappa shape index (κ2) is 6.64. The van der Waals surface area contributed by atoms with Crippen LogP contribution < -0.4 is 0 Å². The zero-order valence-electron chi connectivity index (χ0n) is 15.4. The van der Waals surface area contributed by atoms with Crippen molar-refractivity contribution in [3.8, 4) is 0 Å². The van der Waals surface area contributed by atoms with Crippen LogP contribution in [0.4, 0.5) is 0 Å². The molecule has 1 aliphatic heterocycles. The zero-order chi connectivity index (χ0) is 17.3. The molecular formula is C20H31NO2. The molecule has 128 valence electrons. The van der Waals surface area contributed by atoms with Crippen LogP contribution in [0.1, 0.15) is 53.0 Å². The van der Waals surface area contributed by atoms with Gasteiger partial charge in [0.15, 0.2) is 5.60 Å². The molecule has 0 amide bonds. The lowest BCUT2D eigenvalue weighted by molar-refractivity contribution is -0.182. The van der Waals surface area contributed by atoms with E-state index in [2.05, 4.69) is 51.8 Å². The van der Waals surface area contributed by atoms with E-state index in [4.69, 9.17) is 4.74 Å². The van der Waals surface area contributed by atoms with Gasteiger partial charge in [-0.05, 0) is 37.3 Å². The number of hydrogen-bond acceptors (Lipinski definition) is 3. The van der Waals surface area contributed by atoms with Crippen LogP contribution in [0.15, 0.2) is 30.3 Å². The minimum atomic E-state index is -0.570. The maximum atomic E-state index is 12.2. The van der Waals surface area contributed by atoms with Gasteiger partial charge in [-0.25, -0.2) is 0 Å². The van der Waals surface area contributed by atoms with Crippen LogP contribution in [0.2, 0.25) is 0 Å². The first-order valence-electron chi connectivity index (χ1n) is 8.68. The molecule has 0 unspecified atom stereocenters. The van der Waals surface area contributed by atoms with E-state index >= 15 is 0 Å². The summed E-state index contributed by atoms with van der Waals surface area (Å²) in [4.78, 5) is 14.6. The summed E-state index contributed by atoms with van der Waals surface area (Å²) < 4.78 is 6.14. The smallest absolute Gasteiger partial charge is 0.306 e. The second-order valence-corrected chi connectivity index (χ2v) is 7.97. The molecule has 0 aromatic heterocycles. The van der Waals surface area contributed by atoms with E-state index in [0.717, 1.165) is 18.5 Å². The number of ether oxygens (including phenoxy) is 1. The van der Waals surface area contributed by atoms with E-state index in [1.165, 1.54) is 0 Å². The Kier molecular flexibility index (Phi) is 5.20. The van der Waals surface area contributed by atoms with Crippen LogP contribution in [0.25, 0.3) is 0 Å². The average Bonchev–Trinajstić information content (AvgIpc) is 2.51. The molecule has 3 heteroatoms. The molecule has 3 nitrogen and oxygen atoms in total. The molecule has 2 rings (SSSR count). The molecule has 0 saturated carbocycles. The van der Waals surface area contributed by atoms with Gasteiger partial charge in [0.1, 0.15) is 0 Å². The van der Waals surface area contributed by atoms with Crippen LogP contribution in [-0.4, -0.2) is 30.5 Å². The highest BCUT2D eigenvalue weighted by molar-refractivity contribution is 5.70. The summed E-state index contributed by atoms with van der Waals surface area (Å²) in [6.45, 7) is 11.9. The van der Waals surface area contributed by atoms with Gasteiger partial charge in [0.05, 0.1) is 6.04 Å². The number of piperidine rings is 1. The number of rotatable bonds is 3. The second-order valence-electron chi connectivity index (χ2n) is 7.97. The van der Waals surface area contributed by atoms with Crippen molar-refractivity contribution in [3.05, 3.63) is 35.9 Å². The number of likely N-dealkylation sites (tertiary alicyclic amines) is 1. The van der Waals surface area contributed by atoms with Gasteiger partial charge >= 0.3 is 5.97 Å². The maximum Gasteiger partial charge on any atom is 0.306 e. The van der Waals surface area contributed by atoms with Gasteiger partial charge in [0.2, 0.25) is 0 Å². The normalized spacial score (nSPS) is 29.3. The molecule has 1 aromatic carbocycles. The van der Waals surface area contributed by atoms with Crippen molar-refractivity contribution >= 4 is 5.97 Å². The van der Waals surface area contributed by atoms with E-state index in [1.54, 1.807) is 0 Å². The summed E-state index contributed by atoms with van der Waals surface area (Å²) in [5, 5.41) is 0. The van der Waals surface area contributed by atoms with E-state index in [-0.39, 0.29) is 17.4 Å². The molecule has 0 spiro atoms. The summed E-state index contributed by atoms with van der Waals surface area (Å²) in [6.07, 6.45) is 1.28. The topological polar surface area (TPSA) is 29.5 Å². The summed E-state index contributed by atoms with van der Waals surface area (Å²) >= 11 is 0. The summed E-state index contributed by atoms with van der Waals surface area (Å²) in [5.74, 6) is 0.345. The van der Waals surface area contributed by atoms with E-state index in [1.807, 2.05) is 25.1 Å². The predicted molar refractivity (Wildman–Crippen MR) is 94.2 cm³/mol. The molecule has 1 aromatic rings. The Morgan fingerprint density at radius 2 is 1.91 bits per heavy atom. The van der Waals surface area contributed by atoms with Crippen molar-refractivity contribution in [1.82, 2.24) is 4.90 Å². The quantitative estimate of drug-likeness (QED) is 0.782. The average molecular weight is 317 g/mol. The minimum Gasteiger partial charge on any atom is -0.452 e. The molecule has 1 saturated heterocycles. The third-order valence-electron chi connectivity index (χ3n) is 5.47. The number of hydrogen-bond donors (Lipinski definition) is 0. The molecule has 23 heavy (non-hydrogen) atoms.